The summed E-state index contributed by atoms with van der Waals surface area (Å²) in [5.41, 5.74) is 1.19. The average molecular weight is 394 g/mol. The van der Waals surface area contributed by atoms with Gasteiger partial charge < -0.3 is 15.5 Å². The van der Waals surface area contributed by atoms with E-state index in [-0.39, 0.29) is 23.9 Å². The van der Waals surface area contributed by atoms with Crippen LogP contribution in [0.4, 0.5) is 10.5 Å². The maximum absolute atomic E-state index is 12.7. The Bertz CT molecular complexity index is 790. The number of carbonyl (C=O) groups excluding carboxylic acids is 2. The fourth-order valence-corrected chi connectivity index (χ4v) is 3.68. The number of carbonyl (C=O) groups is 2. The van der Waals surface area contributed by atoms with E-state index >= 15 is 0 Å². The van der Waals surface area contributed by atoms with Crippen molar-refractivity contribution >= 4 is 27.6 Å². The van der Waals surface area contributed by atoms with Crippen molar-refractivity contribution in [3.05, 3.63) is 29.8 Å². The van der Waals surface area contributed by atoms with Gasteiger partial charge >= 0.3 is 6.03 Å². The highest BCUT2D eigenvalue weighted by molar-refractivity contribution is 7.88. The lowest BCUT2D eigenvalue weighted by Crippen LogP contribution is -2.43. The number of sulfonamides is 1. The molecule has 9 heteroatoms. The van der Waals surface area contributed by atoms with Crippen molar-refractivity contribution in [3.8, 4) is 0 Å². The monoisotopic (exact) mass is 394 g/mol. The van der Waals surface area contributed by atoms with Gasteiger partial charge in [0.1, 0.15) is 0 Å². The molecule has 3 N–H and O–H groups in total. The van der Waals surface area contributed by atoms with Crippen molar-refractivity contribution in [3.63, 3.8) is 0 Å². The Kier molecular flexibility index (Phi) is 6.01. The van der Waals surface area contributed by atoms with Crippen LogP contribution >= 0.6 is 0 Å². The molecular formula is C18H26N4O4S. The first-order chi connectivity index (χ1) is 12.8. The lowest BCUT2D eigenvalue weighted by atomic mass is 9.97. The zero-order valence-electron chi connectivity index (χ0n) is 15.4. The van der Waals surface area contributed by atoms with E-state index in [2.05, 4.69) is 15.4 Å². The molecule has 8 nitrogen and oxygen atoms in total. The minimum atomic E-state index is -3.23. The summed E-state index contributed by atoms with van der Waals surface area (Å²) in [6.07, 6.45) is 4.93. The summed E-state index contributed by atoms with van der Waals surface area (Å²) in [7, 11) is -3.23. The van der Waals surface area contributed by atoms with Crippen LogP contribution in [0.1, 0.15) is 36.0 Å². The summed E-state index contributed by atoms with van der Waals surface area (Å²) >= 11 is 0. The van der Waals surface area contributed by atoms with E-state index in [1.165, 1.54) is 0 Å². The van der Waals surface area contributed by atoms with Crippen LogP contribution in [-0.2, 0) is 10.0 Å². The molecule has 1 aromatic rings. The van der Waals surface area contributed by atoms with Gasteiger partial charge in [0.05, 0.1) is 6.26 Å². The molecule has 1 saturated heterocycles. The van der Waals surface area contributed by atoms with E-state index in [4.69, 9.17) is 0 Å². The lowest BCUT2D eigenvalue weighted by Gasteiger charge is -2.32. The minimum Gasteiger partial charge on any atom is -0.338 e. The minimum absolute atomic E-state index is 0.0759. The van der Waals surface area contributed by atoms with Crippen LogP contribution < -0.4 is 15.4 Å². The Morgan fingerprint density at radius 1 is 1.15 bits per heavy atom. The van der Waals surface area contributed by atoms with Crippen LogP contribution in [0.3, 0.4) is 0 Å². The molecule has 148 valence electrons. The quantitative estimate of drug-likeness (QED) is 0.677. The largest absolute Gasteiger partial charge is 0.338 e. The Labute approximate surface area is 159 Å². The number of rotatable bonds is 6. The fraction of sp³-hybridized carbons (Fsp3) is 0.556. The average Bonchev–Trinajstić information content (AvgIpc) is 3.43. The number of nitrogens with zero attached hydrogens (tertiary/aromatic N) is 1. The van der Waals surface area contributed by atoms with Crippen LogP contribution in [0.5, 0.6) is 0 Å². The second-order valence-corrected chi connectivity index (χ2v) is 9.16. The fourth-order valence-electron chi connectivity index (χ4n) is 3.14. The summed E-state index contributed by atoms with van der Waals surface area (Å²) in [6.45, 7) is 1.55. The Hall–Kier alpha value is -2.13. The molecule has 0 bridgehead atoms. The van der Waals surface area contributed by atoms with Gasteiger partial charge in [-0.2, -0.15) is 0 Å². The zero-order valence-corrected chi connectivity index (χ0v) is 16.2. The van der Waals surface area contributed by atoms with E-state index in [9.17, 15) is 18.0 Å². The van der Waals surface area contributed by atoms with Crippen molar-refractivity contribution in [2.24, 2.45) is 5.92 Å². The number of amides is 3. The molecule has 3 rings (SSSR count). The molecule has 2 fully saturated rings. The molecule has 1 saturated carbocycles. The summed E-state index contributed by atoms with van der Waals surface area (Å²) in [5, 5.41) is 5.60. The number of nitrogens with one attached hydrogen (secondary N) is 3. The summed E-state index contributed by atoms with van der Waals surface area (Å²) in [5.74, 6) is 0.0394. The number of hydrogen-bond donors (Lipinski definition) is 3. The standard InChI is InChI=1S/C18H26N4O4S/c1-27(25,26)19-11-13-3-2-10-22(12-13)17(23)14-4-6-15(7-5-14)20-18(24)21-16-8-9-16/h4-7,13,16,19H,2-3,8-12H2,1H3,(H2,20,21,24). The Morgan fingerprint density at radius 2 is 1.85 bits per heavy atom. The third kappa shape index (κ3) is 6.21. The summed E-state index contributed by atoms with van der Waals surface area (Å²) in [6, 6.07) is 6.89. The van der Waals surface area contributed by atoms with Crippen LogP contribution in [-0.4, -0.2) is 57.2 Å². The summed E-state index contributed by atoms with van der Waals surface area (Å²) < 4.78 is 25.0. The number of hydrogen-bond acceptors (Lipinski definition) is 4. The highest BCUT2D eigenvalue weighted by atomic mass is 32.2. The first-order valence-corrected chi connectivity index (χ1v) is 11.1. The van der Waals surface area contributed by atoms with Gasteiger partial charge in [0, 0.05) is 36.9 Å². The molecule has 27 heavy (non-hydrogen) atoms. The highest BCUT2D eigenvalue weighted by Gasteiger charge is 2.25. The molecule has 1 heterocycles. The summed E-state index contributed by atoms with van der Waals surface area (Å²) in [4.78, 5) is 26.2. The molecule has 1 aromatic carbocycles. The van der Waals surface area contributed by atoms with Crippen LogP contribution in [0.2, 0.25) is 0 Å². The first-order valence-electron chi connectivity index (χ1n) is 9.21. The SMILES string of the molecule is CS(=O)(=O)NCC1CCCN(C(=O)c2ccc(NC(=O)NC3CC3)cc2)C1. The van der Waals surface area contributed by atoms with E-state index in [0.29, 0.717) is 30.9 Å². The molecular weight excluding hydrogens is 368 g/mol. The molecule has 3 amide bonds. The zero-order chi connectivity index (χ0) is 19.4. The molecule has 1 aliphatic carbocycles. The van der Waals surface area contributed by atoms with Gasteiger partial charge in [-0.25, -0.2) is 17.9 Å². The van der Waals surface area contributed by atoms with Gasteiger partial charge in [-0.05, 0) is 55.9 Å². The normalized spacial score (nSPS) is 20.2. The molecule has 2 aliphatic rings. The maximum atomic E-state index is 12.7. The van der Waals surface area contributed by atoms with E-state index in [0.717, 1.165) is 31.9 Å². The third-order valence-electron chi connectivity index (χ3n) is 4.74. The van der Waals surface area contributed by atoms with Crippen molar-refractivity contribution in [1.29, 1.82) is 0 Å². The smallest absolute Gasteiger partial charge is 0.319 e. The lowest BCUT2D eigenvalue weighted by molar-refractivity contribution is 0.0676. The number of urea groups is 1. The maximum Gasteiger partial charge on any atom is 0.319 e. The van der Waals surface area contributed by atoms with Gasteiger partial charge in [0.15, 0.2) is 0 Å². The Morgan fingerprint density at radius 3 is 2.48 bits per heavy atom. The predicted octanol–water partition coefficient (Wildman–Crippen LogP) is 1.37. The van der Waals surface area contributed by atoms with E-state index in [1.54, 1.807) is 29.2 Å². The van der Waals surface area contributed by atoms with Crippen molar-refractivity contribution in [2.45, 2.75) is 31.7 Å². The second kappa shape index (κ2) is 8.26. The van der Waals surface area contributed by atoms with Gasteiger partial charge in [-0.15, -0.1) is 0 Å². The number of likely N-dealkylation sites (tertiary alicyclic amines) is 1. The number of anilines is 1. The van der Waals surface area contributed by atoms with Crippen LogP contribution in [0.15, 0.2) is 24.3 Å². The van der Waals surface area contributed by atoms with Crippen LogP contribution in [0.25, 0.3) is 0 Å². The van der Waals surface area contributed by atoms with Gasteiger partial charge in [0.2, 0.25) is 10.0 Å². The van der Waals surface area contributed by atoms with Gasteiger partial charge in [-0.3, -0.25) is 4.79 Å². The van der Waals surface area contributed by atoms with Crippen molar-refractivity contribution in [2.75, 3.05) is 31.2 Å². The molecule has 0 aromatic heterocycles. The van der Waals surface area contributed by atoms with Crippen molar-refractivity contribution < 1.29 is 18.0 Å². The first kappa shape index (κ1) is 19.6. The molecule has 0 radical (unpaired) electrons. The van der Waals surface area contributed by atoms with Gasteiger partial charge in [-0.1, -0.05) is 0 Å². The molecule has 1 atom stereocenters. The second-order valence-electron chi connectivity index (χ2n) is 7.33. The van der Waals surface area contributed by atoms with Crippen molar-refractivity contribution in [1.82, 2.24) is 14.9 Å². The topological polar surface area (TPSA) is 108 Å². The highest BCUT2D eigenvalue weighted by Crippen LogP contribution is 2.20. The van der Waals surface area contributed by atoms with E-state index < -0.39 is 10.0 Å². The number of piperidine rings is 1. The predicted molar refractivity (Wildman–Crippen MR) is 103 cm³/mol. The molecule has 0 spiro atoms. The molecule has 1 unspecified atom stereocenters. The number of benzene rings is 1. The van der Waals surface area contributed by atoms with Crippen LogP contribution in [0, 0.1) is 5.92 Å². The van der Waals surface area contributed by atoms with Gasteiger partial charge in [0.25, 0.3) is 5.91 Å². The third-order valence-corrected chi connectivity index (χ3v) is 5.43. The van der Waals surface area contributed by atoms with E-state index in [1.807, 2.05) is 0 Å². The Balaban J connectivity index is 1.53. The molecule has 1 aliphatic heterocycles.